The molecule has 96 valence electrons. The fourth-order valence-corrected chi connectivity index (χ4v) is 2.49. The third-order valence-electron chi connectivity index (χ3n) is 2.62. The molecule has 2 aromatic rings. The molecule has 1 atom stereocenters. The van der Waals surface area contributed by atoms with Crippen LogP contribution in [0.1, 0.15) is 30.6 Å². The molecule has 7 heteroatoms. The Labute approximate surface area is 108 Å². The van der Waals surface area contributed by atoms with E-state index in [2.05, 4.69) is 15.5 Å². The average Bonchev–Trinajstić information content (AvgIpc) is 2.91. The van der Waals surface area contributed by atoms with Crippen molar-refractivity contribution in [1.29, 1.82) is 0 Å². The van der Waals surface area contributed by atoms with Crippen LogP contribution < -0.4 is 0 Å². The Morgan fingerprint density at radius 1 is 1.56 bits per heavy atom. The van der Waals surface area contributed by atoms with Crippen molar-refractivity contribution in [2.24, 2.45) is 5.92 Å². The lowest BCUT2D eigenvalue weighted by Gasteiger charge is -2.17. The quantitative estimate of drug-likeness (QED) is 0.889. The average molecular weight is 266 g/mol. The molecule has 1 N–H and O–H groups in total. The van der Waals surface area contributed by atoms with E-state index >= 15 is 0 Å². The summed E-state index contributed by atoms with van der Waals surface area (Å²) < 4.78 is 1.41. The maximum absolute atomic E-state index is 11.3. The molecule has 1 unspecified atom stereocenters. The number of hydrogen-bond donors (Lipinski definition) is 1. The van der Waals surface area contributed by atoms with E-state index < -0.39 is 12.0 Å². The highest BCUT2D eigenvalue weighted by molar-refractivity contribution is 7.09. The maximum Gasteiger partial charge on any atom is 0.328 e. The summed E-state index contributed by atoms with van der Waals surface area (Å²) in [5, 5.41) is 22.6. The van der Waals surface area contributed by atoms with Crippen molar-refractivity contribution in [2.45, 2.75) is 26.3 Å². The fourth-order valence-electron chi connectivity index (χ4n) is 1.79. The Morgan fingerprint density at radius 3 is 2.89 bits per heavy atom. The molecule has 2 heterocycles. The van der Waals surface area contributed by atoms with Crippen LogP contribution in [0.3, 0.4) is 0 Å². The van der Waals surface area contributed by atoms with Crippen LogP contribution in [0.25, 0.3) is 0 Å². The molecule has 0 saturated carbocycles. The first-order chi connectivity index (χ1) is 8.59. The van der Waals surface area contributed by atoms with E-state index in [4.69, 9.17) is 0 Å². The standard InChI is InChI=1S/C11H14N4O2S/c1-7(2)10(11(16)17)15-9(12-13-14-15)6-8-4-3-5-18-8/h3-5,7,10H,6H2,1-2H3,(H,16,17). The summed E-state index contributed by atoms with van der Waals surface area (Å²) in [6, 6.07) is 3.20. The molecule has 0 amide bonds. The molecule has 0 aliphatic rings. The van der Waals surface area contributed by atoms with Gasteiger partial charge in [0.15, 0.2) is 11.9 Å². The van der Waals surface area contributed by atoms with Crippen molar-refractivity contribution in [3.8, 4) is 0 Å². The van der Waals surface area contributed by atoms with Gasteiger partial charge >= 0.3 is 5.97 Å². The van der Waals surface area contributed by atoms with E-state index in [9.17, 15) is 9.90 Å². The van der Waals surface area contributed by atoms with Crippen molar-refractivity contribution in [3.05, 3.63) is 28.2 Å². The highest BCUT2D eigenvalue weighted by Crippen LogP contribution is 2.20. The predicted octanol–water partition coefficient (Wildman–Crippen LogP) is 1.61. The Kier molecular flexibility index (Phi) is 3.71. The van der Waals surface area contributed by atoms with Gasteiger partial charge in [0.2, 0.25) is 0 Å². The van der Waals surface area contributed by atoms with Crippen LogP contribution in [0.2, 0.25) is 0 Å². The Morgan fingerprint density at radius 2 is 2.33 bits per heavy atom. The van der Waals surface area contributed by atoms with Gasteiger partial charge in [-0.25, -0.2) is 9.48 Å². The molecule has 0 aliphatic heterocycles. The summed E-state index contributed by atoms with van der Waals surface area (Å²) in [5.41, 5.74) is 0. The van der Waals surface area contributed by atoms with Crippen LogP contribution >= 0.6 is 11.3 Å². The molecular formula is C11H14N4O2S. The van der Waals surface area contributed by atoms with E-state index in [0.29, 0.717) is 12.2 Å². The zero-order chi connectivity index (χ0) is 13.1. The molecule has 0 bridgehead atoms. The zero-order valence-electron chi connectivity index (χ0n) is 10.1. The van der Waals surface area contributed by atoms with Gasteiger partial charge in [0, 0.05) is 11.3 Å². The molecule has 2 aromatic heterocycles. The molecule has 0 fully saturated rings. The van der Waals surface area contributed by atoms with Crippen LogP contribution in [0.4, 0.5) is 0 Å². The van der Waals surface area contributed by atoms with Crippen molar-refractivity contribution in [2.75, 3.05) is 0 Å². The summed E-state index contributed by atoms with van der Waals surface area (Å²) >= 11 is 1.60. The van der Waals surface area contributed by atoms with Crippen LogP contribution in [0, 0.1) is 5.92 Å². The van der Waals surface area contributed by atoms with Gasteiger partial charge in [0.1, 0.15) is 0 Å². The molecule has 2 rings (SSSR count). The molecule has 0 spiro atoms. The van der Waals surface area contributed by atoms with Gasteiger partial charge < -0.3 is 5.11 Å². The third kappa shape index (κ3) is 2.56. The topological polar surface area (TPSA) is 80.9 Å². The molecule has 0 radical (unpaired) electrons. The summed E-state index contributed by atoms with van der Waals surface area (Å²) in [6.07, 6.45) is 0.557. The molecular weight excluding hydrogens is 252 g/mol. The second-order valence-corrected chi connectivity index (χ2v) is 5.36. The number of aliphatic carboxylic acids is 1. The van der Waals surface area contributed by atoms with Crippen molar-refractivity contribution in [1.82, 2.24) is 20.2 Å². The number of nitrogens with zero attached hydrogens (tertiary/aromatic N) is 4. The largest absolute Gasteiger partial charge is 0.480 e. The first-order valence-corrected chi connectivity index (χ1v) is 6.49. The first kappa shape index (κ1) is 12.7. The third-order valence-corrected chi connectivity index (χ3v) is 3.50. The van der Waals surface area contributed by atoms with Gasteiger partial charge in [-0.3, -0.25) is 0 Å². The van der Waals surface area contributed by atoms with E-state index in [0.717, 1.165) is 4.88 Å². The van der Waals surface area contributed by atoms with Gasteiger partial charge in [0.25, 0.3) is 0 Å². The van der Waals surface area contributed by atoms with Gasteiger partial charge in [-0.15, -0.1) is 16.4 Å². The number of rotatable bonds is 5. The van der Waals surface area contributed by atoms with Crippen molar-refractivity contribution in [3.63, 3.8) is 0 Å². The maximum atomic E-state index is 11.3. The van der Waals surface area contributed by atoms with E-state index in [1.807, 2.05) is 31.4 Å². The molecule has 0 aromatic carbocycles. The van der Waals surface area contributed by atoms with E-state index in [-0.39, 0.29) is 5.92 Å². The highest BCUT2D eigenvalue weighted by Gasteiger charge is 2.27. The SMILES string of the molecule is CC(C)C(C(=O)O)n1nnnc1Cc1cccs1. The Balaban J connectivity index is 2.28. The van der Waals surface area contributed by atoms with E-state index in [1.165, 1.54) is 4.68 Å². The lowest BCUT2D eigenvalue weighted by Crippen LogP contribution is -2.27. The van der Waals surface area contributed by atoms with Crippen molar-refractivity contribution >= 4 is 17.3 Å². The predicted molar refractivity (Wildman–Crippen MR) is 66.5 cm³/mol. The molecule has 0 saturated heterocycles. The molecule has 0 aliphatic carbocycles. The number of carboxylic acids is 1. The molecule has 18 heavy (non-hydrogen) atoms. The van der Waals surface area contributed by atoms with Gasteiger partial charge in [0.05, 0.1) is 0 Å². The number of thiophene rings is 1. The summed E-state index contributed by atoms with van der Waals surface area (Å²) in [5.74, 6) is -0.406. The second kappa shape index (κ2) is 5.26. The fraction of sp³-hybridized carbons (Fsp3) is 0.455. The summed E-state index contributed by atoms with van der Waals surface area (Å²) in [6.45, 7) is 3.69. The monoisotopic (exact) mass is 266 g/mol. The normalized spacial score (nSPS) is 12.8. The van der Waals surface area contributed by atoms with Crippen LogP contribution in [0.5, 0.6) is 0 Å². The van der Waals surface area contributed by atoms with Gasteiger partial charge in [-0.1, -0.05) is 19.9 Å². The highest BCUT2D eigenvalue weighted by atomic mass is 32.1. The molecule has 6 nitrogen and oxygen atoms in total. The Hall–Kier alpha value is -1.76. The van der Waals surface area contributed by atoms with Gasteiger partial charge in [-0.2, -0.15) is 0 Å². The van der Waals surface area contributed by atoms with Crippen LogP contribution in [-0.2, 0) is 11.2 Å². The second-order valence-electron chi connectivity index (χ2n) is 4.32. The van der Waals surface area contributed by atoms with Gasteiger partial charge in [-0.05, 0) is 27.8 Å². The minimum Gasteiger partial charge on any atom is -0.480 e. The van der Waals surface area contributed by atoms with Crippen LogP contribution in [-0.4, -0.2) is 31.3 Å². The summed E-state index contributed by atoms with van der Waals surface area (Å²) in [7, 11) is 0. The minimum atomic E-state index is -0.912. The lowest BCUT2D eigenvalue weighted by atomic mass is 10.0. The van der Waals surface area contributed by atoms with Crippen molar-refractivity contribution < 1.29 is 9.90 Å². The zero-order valence-corrected chi connectivity index (χ0v) is 11.0. The number of tetrazole rings is 1. The number of carboxylic acid groups (broad SMARTS) is 1. The van der Waals surface area contributed by atoms with Crippen LogP contribution in [0.15, 0.2) is 17.5 Å². The number of hydrogen-bond acceptors (Lipinski definition) is 5. The minimum absolute atomic E-state index is 0.0758. The van der Waals surface area contributed by atoms with E-state index in [1.54, 1.807) is 11.3 Å². The first-order valence-electron chi connectivity index (χ1n) is 5.61. The smallest absolute Gasteiger partial charge is 0.328 e. The summed E-state index contributed by atoms with van der Waals surface area (Å²) in [4.78, 5) is 12.4. The number of aromatic nitrogens is 4. The lowest BCUT2D eigenvalue weighted by molar-refractivity contribution is -0.142. The Bertz CT molecular complexity index is 521. The number of carbonyl (C=O) groups is 1.